The molecule has 0 radical (unpaired) electrons. The zero-order valence-corrected chi connectivity index (χ0v) is 9.36. The molecule has 0 aliphatic heterocycles. The zero-order chi connectivity index (χ0) is 11.4. The van der Waals surface area contributed by atoms with Crippen molar-refractivity contribution in [2.24, 2.45) is 0 Å². The first-order valence-corrected chi connectivity index (χ1v) is 5.15. The lowest BCUT2D eigenvalue weighted by atomic mass is 10.1. The van der Waals surface area contributed by atoms with Crippen LogP contribution in [0, 0.1) is 0 Å². The van der Waals surface area contributed by atoms with Crippen molar-refractivity contribution in [1.29, 1.82) is 0 Å². The van der Waals surface area contributed by atoms with Crippen molar-refractivity contribution in [2.75, 3.05) is 13.7 Å². The van der Waals surface area contributed by atoms with Crippen LogP contribution in [0.4, 0.5) is 0 Å². The van der Waals surface area contributed by atoms with Gasteiger partial charge in [-0.15, -0.1) is 0 Å². The summed E-state index contributed by atoms with van der Waals surface area (Å²) < 4.78 is 10.9. The second kappa shape index (κ2) is 4.70. The lowest BCUT2D eigenvalue weighted by molar-refractivity contribution is 0.311. The minimum atomic E-state index is 0.616. The summed E-state index contributed by atoms with van der Waals surface area (Å²) in [5.74, 6) is 1.49. The molecule has 1 heterocycles. The highest BCUT2D eigenvalue weighted by atomic mass is 16.5. The Kier molecular flexibility index (Phi) is 3.10. The molecule has 0 bridgehead atoms. The number of methoxy groups -OCH3 is 1. The molecule has 1 aromatic carbocycles. The van der Waals surface area contributed by atoms with Crippen molar-refractivity contribution in [1.82, 2.24) is 10.2 Å². The van der Waals surface area contributed by atoms with Crippen LogP contribution in [0.15, 0.2) is 30.6 Å². The minimum Gasteiger partial charge on any atom is -0.492 e. The number of H-pyrrole nitrogens is 1. The average Bonchev–Trinajstić information content (AvgIpc) is 2.82. The van der Waals surface area contributed by atoms with E-state index >= 15 is 0 Å². The zero-order valence-electron chi connectivity index (χ0n) is 9.36. The van der Waals surface area contributed by atoms with Gasteiger partial charge in [-0.1, -0.05) is 12.1 Å². The maximum atomic E-state index is 5.51. The van der Waals surface area contributed by atoms with Crippen LogP contribution in [0.2, 0.25) is 0 Å². The molecule has 0 spiro atoms. The van der Waals surface area contributed by atoms with E-state index in [4.69, 9.17) is 9.47 Å². The molecule has 0 aliphatic carbocycles. The molecule has 4 nitrogen and oxygen atoms in total. The van der Waals surface area contributed by atoms with Gasteiger partial charge in [-0.05, 0) is 13.0 Å². The number of nitrogens with zero attached hydrogens (tertiary/aromatic N) is 1. The van der Waals surface area contributed by atoms with E-state index in [1.165, 1.54) is 0 Å². The molecule has 16 heavy (non-hydrogen) atoms. The smallest absolute Gasteiger partial charge is 0.168 e. The lowest BCUT2D eigenvalue weighted by Crippen LogP contribution is -1.96. The van der Waals surface area contributed by atoms with Crippen LogP contribution in [0.3, 0.4) is 0 Å². The number of aromatic nitrogens is 2. The molecule has 0 aliphatic rings. The summed E-state index contributed by atoms with van der Waals surface area (Å²) in [6, 6.07) is 5.81. The predicted molar refractivity (Wildman–Crippen MR) is 61.7 cm³/mol. The highest BCUT2D eigenvalue weighted by molar-refractivity contribution is 5.72. The molecule has 0 saturated carbocycles. The Labute approximate surface area is 94.2 Å². The fraction of sp³-hybridized carbons (Fsp3) is 0.250. The van der Waals surface area contributed by atoms with E-state index in [2.05, 4.69) is 10.2 Å². The highest BCUT2D eigenvalue weighted by Crippen LogP contribution is 2.37. The first-order valence-electron chi connectivity index (χ1n) is 5.15. The third-order valence-corrected chi connectivity index (χ3v) is 2.29. The quantitative estimate of drug-likeness (QED) is 0.857. The molecule has 0 unspecified atom stereocenters. The van der Waals surface area contributed by atoms with Crippen molar-refractivity contribution in [3.8, 4) is 22.6 Å². The molecule has 0 atom stereocenters. The Bertz CT molecular complexity index is 452. The highest BCUT2D eigenvalue weighted by Gasteiger charge is 2.11. The Balaban J connectivity index is 2.49. The Morgan fingerprint density at radius 1 is 1.38 bits per heavy atom. The first kappa shape index (κ1) is 10.5. The van der Waals surface area contributed by atoms with Crippen LogP contribution in [-0.2, 0) is 0 Å². The number of benzene rings is 1. The van der Waals surface area contributed by atoms with E-state index in [0.29, 0.717) is 6.61 Å². The summed E-state index contributed by atoms with van der Waals surface area (Å²) in [4.78, 5) is 0. The molecule has 1 N–H and O–H groups in total. The van der Waals surface area contributed by atoms with Crippen LogP contribution in [0.5, 0.6) is 11.5 Å². The number of ether oxygens (including phenoxy) is 2. The second-order valence-corrected chi connectivity index (χ2v) is 3.26. The van der Waals surface area contributed by atoms with E-state index < -0.39 is 0 Å². The van der Waals surface area contributed by atoms with Crippen molar-refractivity contribution in [3.05, 3.63) is 30.6 Å². The second-order valence-electron chi connectivity index (χ2n) is 3.26. The monoisotopic (exact) mass is 218 g/mol. The topological polar surface area (TPSA) is 47.1 Å². The van der Waals surface area contributed by atoms with Gasteiger partial charge in [0, 0.05) is 17.3 Å². The fourth-order valence-electron chi connectivity index (χ4n) is 1.62. The number of aromatic amines is 1. The van der Waals surface area contributed by atoms with Crippen LogP contribution in [0.25, 0.3) is 11.1 Å². The van der Waals surface area contributed by atoms with Gasteiger partial charge in [-0.3, -0.25) is 5.10 Å². The summed E-state index contributed by atoms with van der Waals surface area (Å²) in [5, 5.41) is 6.71. The molecule has 2 aromatic rings. The fourth-order valence-corrected chi connectivity index (χ4v) is 1.62. The number of nitrogens with one attached hydrogen (secondary N) is 1. The van der Waals surface area contributed by atoms with Gasteiger partial charge in [0.05, 0.1) is 19.9 Å². The molecular formula is C12H14N2O2. The molecule has 1 aromatic heterocycles. The van der Waals surface area contributed by atoms with Gasteiger partial charge in [0.2, 0.25) is 0 Å². The predicted octanol–water partition coefficient (Wildman–Crippen LogP) is 2.48. The van der Waals surface area contributed by atoms with Gasteiger partial charge in [-0.2, -0.15) is 5.10 Å². The van der Waals surface area contributed by atoms with E-state index in [0.717, 1.165) is 22.6 Å². The maximum Gasteiger partial charge on any atom is 0.168 e. The van der Waals surface area contributed by atoms with Gasteiger partial charge in [0.1, 0.15) is 0 Å². The molecule has 2 rings (SSSR count). The van der Waals surface area contributed by atoms with E-state index in [1.807, 2.05) is 31.3 Å². The Morgan fingerprint density at radius 2 is 2.25 bits per heavy atom. The van der Waals surface area contributed by atoms with E-state index in [9.17, 15) is 0 Å². The number of hydrogen-bond donors (Lipinski definition) is 1. The molecule has 0 saturated heterocycles. The Morgan fingerprint density at radius 3 is 2.88 bits per heavy atom. The summed E-state index contributed by atoms with van der Waals surface area (Å²) in [7, 11) is 1.64. The third kappa shape index (κ3) is 1.86. The van der Waals surface area contributed by atoms with E-state index in [-0.39, 0.29) is 0 Å². The van der Waals surface area contributed by atoms with Crippen LogP contribution >= 0.6 is 0 Å². The van der Waals surface area contributed by atoms with Gasteiger partial charge in [0.25, 0.3) is 0 Å². The first-order chi connectivity index (χ1) is 7.86. The lowest BCUT2D eigenvalue weighted by Gasteiger charge is -2.12. The van der Waals surface area contributed by atoms with Crippen LogP contribution < -0.4 is 9.47 Å². The van der Waals surface area contributed by atoms with Gasteiger partial charge >= 0.3 is 0 Å². The number of para-hydroxylation sites is 1. The SMILES string of the molecule is CCOc1cccc(-c2cn[nH]c2)c1OC. The van der Waals surface area contributed by atoms with Crippen molar-refractivity contribution >= 4 is 0 Å². The summed E-state index contributed by atoms with van der Waals surface area (Å²) in [5.41, 5.74) is 1.96. The summed E-state index contributed by atoms with van der Waals surface area (Å²) in [6.07, 6.45) is 3.58. The standard InChI is InChI=1S/C12H14N2O2/c1-3-16-11-6-4-5-10(12(11)15-2)9-7-13-14-8-9/h4-8H,3H2,1-2H3,(H,13,14). The normalized spacial score (nSPS) is 10.1. The van der Waals surface area contributed by atoms with Crippen molar-refractivity contribution in [3.63, 3.8) is 0 Å². The van der Waals surface area contributed by atoms with Crippen LogP contribution in [0.1, 0.15) is 6.92 Å². The third-order valence-electron chi connectivity index (χ3n) is 2.29. The van der Waals surface area contributed by atoms with Gasteiger partial charge in [0.15, 0.2) is 11.5 Å². The average molecular weight is 218 g/mol. The molecule has 0 fully saturated rings. The van der Waals surface area contributed by atoms with Crippen LogP contribution in [-0.4, -0.2) is 23.9 Å². The molecular weight excluding hydrogens is 204 g/mol. The Hall–Kier alpha value is -1.97. The largest absolute Gasteiger partial charge is 0.492 e. The molecule has 84 valence electrons. The number of rotatable bonds is 4. The molecule has 4 heteroatoms. The van der Waals surface area contributed by atoms with Gasteiger partial charge in [-0.25, -0.2) is 0 Å². The molecule has 0 amide bonds. The minimum absolute atomic E-state index is 0.616. The number of hydrogen-bond acceptors (Lipinski definition) is 3. The summed E-state index contributed by atoms with van der Waals surface area (Å²) in [6.45, 7) is 2.56. The van der Waals surface area contributed by atoms with E-state index in [1.54, 1.807) is 13.3 Å². The van der Waals surface area contributed by atoms with Crippen molar-refractivity contribution in [2.45, 2.75) is 6.92 Å². The van der Waals surface area contributed by atoms with Gasteiger partial charge < -0.3 is 9.47 Å². The summed E-state index contributed by atoms with van der Waals surface area (Å²) >= 11 is 0. The maximum absolute atomic E-state index is 5.51. The van der Waals surface area contributed by atoms with Crippen molar-refractivity contribution < 1.29 is 9.47 Å².